The molecule has 1 rings (SSSR count). The van der Waals surface area contributed by atoms with Crippen molar-refractivity contribution in [2.24, 2.45) is 0 Å². The minimum absolute atomic E-state index is 0.0869. The van der Waals surface area contributed by atoms with Crippen LogP contribution < -0.4 is 4.72 Å². The molecule has 1 aromatic rings. The van der Waals surface area contributed by atoms with E-state index in [-0.39, 0.29) is 23.0 Å². The molecule has 1 heterocycles. The molecular formula is C11H18ClN3O4S2. The van der Waals surface area contributed by atoms with Gasteiger partial charge in [0, 0.05) is 32.0 Å². The average Bonchev–Trinajstić information content (AvgIpc) is 2.37. The van der Waals surface area contributed by atoms with E-state index in [2.05, 4.69) is 9.71 Å². The van der Waals surface area contributed by atoms with Gasteiger partial charge in [0.25, 0.3) is 0 Å². The molecular weight excluding hydrogens is 338 g/mol. The Morgan fingerprint density at radius 3 is 2.52 bits per heavy atom. The molecule has 0 unspecified atom stereocenters. The molecule has 0 saturated heterocycles. The van der Waals surface area contributed by atoms with Gasteiger partial charge in [0.2, 0.25) is 20.0 Å². The van der Waals surface area contributed by atoms with Crippen LogP contribution in [-0.4, -0.2) is 52.0 Å². The summed E-state index contributed by atoms with van der Waals surface area (Å²) in [6, 6.07) is 1.39. The van der Waals surface area contributed by atoms with Gasteiger partial charge in [0.15, 0.2) is 0 Å². The highest BCUT2D eigenvalue weighted by Gasteiger charge is 2.18. The Kier molecular flexibility index (Phi) is 6.54. The lowest BCUT2D eigenvalue weighted by atomic mass is 10.4. The lowest BCUT2D eigenvalue weighted by Crippen LogP contribution is -2.33. The maximum absolute atomic E-state index is 12.0. The van der Waals surface area contributed by atoms with Gasteiger partial charge in [-0.1, -0.05) is 18.5 Å². The topological polar surface area (TPSA) is 96.4 Å². The van der Waals surface area contributed by atoms with Crippen molar-refractivity contribution >= 4 is 31.6 Å². The van der Waals surface area contributed by atoms with E-state index in [1.165, 1.54) is 22.8 Å². The zero-order chi connectivity index (χ0) is 16.1. The number of nitrogens with one attached hydrogen (secondary N) is 1. The summed E-state index contributed by atoms with van der Waals surface area (Å²) < 4.78 is 50.4. The summed E-state index contributed by atoms with van der Waals surface area (Å²) in [5, 5.41) is 0.0869. The van der Waals surface area contributed by atoms with Crippen molar-refractivity contribution in [2.45, 2.75) is 18.2 Å². The molecule has 0 fully saturated rings. The van der Waals surface area contributed by atoms with E-state index in [4.69, 9.17) is 11.6 Å². The molecule has 0 aliphatic rings. The van der Waals surface area contributed by atoms with Gasteiger partial charge < -0.3 is 0 Å². The highest BCUT2D eigenvalue weighted by atomic mass is 35.5. The first-order chi connectivity index (χ1) is 9.68. The second-order valence-electron chi connectivity index (χ2n) is 4.31. The lowest BCUT2D eigenvalue weighted by Gasteiger charge is -2.17. The molecule has 0 saturated carbocycles. The van der Waals surface area contributed by atoms with Crippen LogP contribution in [0.2, 0.25) is 5.02 Å². The fraction of sp³-hybridized carbons (Fsp3) is 0.545. The Labute approximate surface area is 130 Å². The predicted octanol–water partition coefficient (Wildman–Crippen LogP) is 0.685. The van der Waals surface area contributed by atoms with E-state index in [0.717, 1.165) is 6.26 Å². The SMILES string of the molecule is CCN(CCCNS(=O)(=O)c1cnccc1Cl)S(C)(=O)=O. The molecule has 0 bridgehead atoms. The summed E-state index contributed by atoms with van der Waals surface area (Å²) in [7, 11) is -7.01. The van der Waals surface area contributed by atoms with E-state index in [1.54, 1.807) is 6.92 Å². The van der Waals surface area contributed by atoms with Gasteiger partial charge in [0.1, 0.15) is 4.90 Å². The number of hydrogen-bond acceptors (Lipinski definition) is 5. The number of aromatic nitrogens is 1. The third-order valence-electron chi connectivity index (χ3n) is 2.72. The molecule has 1 aromatic heterocycles. The molecule has 0 atom stereocenters. The van der Waals surface area contributed by atoms with E-state index < -0.39 is 20.0 Å². The van der Waals surface area contributed by atoms with Gasteiger partial charge >= 0.3 is 0 Å². The number of nitrogens with zero attached hydrogens (tertiary/aromatic N) is 2. The fourth-order valence-electron chi connectivity index (χ4n) is 1.66. The van der Waals surface area contributed by atoms with Gasteiger partial charge in [0.05, 0.1) is 11.3 Å². The molecule has 0 aliphatic carbocycles. The van der Waals surface area contributed by atoms with Crippen LogP contribution in [0, 0.1) is 0 Å². The molecule has 10 heteroatoms. The maximum atomic E-state index is 12.0. The molecule has 120 valence electrons. The van der Waals surface area contributed by atoms with Crippen molar-refractivity contribution in [3.05, 3.63) is 23.5 Å². The highest BCUT2D eigenvalue weighted by Crippen LogP contribution is 2.18. The zero-order valence-corrected chi connectivity index (χ0v) is 14.2. The third kappa shape index (κ3) is 5.51. The summed E-state index contributed by atoms with van der Waals surface area (Å²) in [5.74, 6) is 0. The van der Waals surface area contributed by atoms with Gasteiger partial charge in [-0.2, -0.15) is 0 Å². The van der Waals surface area contributed by atoms with Crippen molar-refractivity contribution in [2.75, 3.05) is 25.9 Å². The first kappa shape index (κ1) is 18.3. The monoisotopic (exact) mass is 355 g/mol. The van der Waals surface area contributed by atoms with E-state index >= 15 is 0 Å². The highest BCUT2D eigenvalue weighted by molar-refractivity contribution is 7.89. The third-order valence-corrected chi connectivity index (χ3v) is 6.03. The van der Waals surface area contributed by atoms with Gasteiger partial charge in [-0.3, -0.25) is 4.98 Å². The van der Waals surface area contributed by atoms with Crippen LogP contribution in [0.5, 0.6) is 0 Å². The maximum Gasteiger partial charge on any atom is 0.243 e. The summed E-state index contributed by atoms with van der Waals surface area (Å²) in [5.41, 5.74) is 0. The van der Waals surface area contributed by atoms with Crippen molar-refractivity contribution in [3.63, 3.8) is 0 Å². The summed E-state index contributed by atoms with van der Waals surface area (Å²) >= 11 is 5.81. The number of rotatable bonds is 8. The quantitative estimate of drug-likeness (QED) is 0.692. The van der Waals surface area contributed by atoms with E-state index in [0.29, 0.717) is 13.0 Å². The Bertz CT molecular complexity index is 676. The van der Waals surface area contributed by atoms with Crippen LogP contribution in [0.15, 0.2) is 23.4 Å². The van der Waals surface area contributed by atoms with Crippen molar-refractivity contribution in [3.8, 4) is 0 Å². The molecule has 0 amide bonds. The summed E-state index contributed by atoms with van der Waals surface area (Å²) in [4.78, 5) is 3.63. The van der Waals surface area contributed by atoms with Crippen molar-refractivity contribution < 1.29 is 16.8 Å². The second kappa shape index (κ2) is 7.50. The van der Waals surface area contributed by atoms with E-state index in [1.807, 2.05) is 0 Å². The minimum Gasteiger partial charge on any atom is -0.263 e. The molecule has 0 radical (unpaired) electrons. The smallest absolute Gasteiger partial charge is 0.243 e. The number of hydrogen-bond donors (Lipinski definition) is 1. The van der Waals surface area contributed by atoms with Gasteiger partial charge in [-0.15, -0.1) is 0 Å². The van der Waals surface area contributed by atoms with Crippen molar-refractivity contribution in [1.82, 2.24) is 14.0 Å². The van der Waals surface area contributed by atoms with Crippen LogP contribution in [0.3, 0.4) is 0 Å². The van der Waals surface area contributed by atoms with Crippen LogP contribution in [0.1, 0.15) is 13.3 Å². The largest absolute Gasteiger partial charge is 0.263 e. The summed E-state index contributed by atoms with van der Waals surface area (Å²) in [6.07, 6.45) is 4.04. The molecule has 0 aliphatic heterocycles. The Balaban J connectivity index is 2.58. The first-order valence-electron chi connectivity index (χ1n) is 6.22. The standard InChI is InChI=1S/C11H18ClN3O4S2/c1-3-15(20(2,16)17)8-4-6-14-21(18,19)11-9-13-7-5-10(11)12/h5,7,9,14H,3-4,6,8H2,1-2H3. The number of pyridine rings is 1. The average molecular weight is 356 g/mol. The second-order valence-corrected chi connectivity index (χ2v) is 8.44. The fourth-order valence-corrected chi connectivity index (χ4v) is 4.09. The number of halogens is 1. The Hall–Kier alpha value is -0.740. The molecule has 21 heavy (non-hydrogen) atoms. The molecule has 1 N–H and O–H groups in total. The van der Waals surface area contributed by atoms with Gasteiger partial charge in [-0.25, -0.2) is 25.9 Å². The molecule has 7 nitrogen and oxygen atoms in total. The number of sulfonamides is 2. The molecule has 0 spiro atoms. The van der Waals surface area contributed by atoms with E-state index in [9.17, 15) is 16.8 Å². The van der Waals surface area contributed by atoms with Crippen molar-refractivity contribution in [1.29, 1.82) is 0 Å². The predicted molar refractivity (Wildman–Crippen MR) is 81.1 cm³/mol. The summed E-state index contributed by atoms with van der Waals surface area (Å²) in [6.45, 7) is 2.43. The van der Waals surface area contributed by atoms with Crippen LogP contribution in [-0.2, 0) is 20.0 Å². The lowest BCUT2D eigenvalue weighted by molar-refractivity contribution is 0.424. The first-order valence-corrected chi connectivity index (χ1v) is 9.93. The Morgan fingerprint density at radius 2 is 2.00 bits per heavy atom. The normalized spacial score (nSPS) is 12.8. The van der Waals surface area contributed by atoms with Gasteiger partial charge in [-0.05, 0) is 12.5 Å². The molecule has 0 aromatic carbocycles. The Morgan fingerprint density at radius 1 is 1.33 bits per heavy atom. The van der Waals surface area contributed by atoms with Crippen LogP contribution in [0.25, 0.3) is 0 Å². The van der Waals surface area contributed by atoms with Crippen LogP contribution >= 0.6 is 11.6 Å². The van der Waals surface area contributed by atoms with Crippen LogP contribution in [0.4, 0.5) is 0 Å². The zero-order valence-electron chi connectivity index (χ0n) is 11.8. The minimum atomic E-state index is -3.74.